The van der Waals surface area contributed by atoms with Crippen molar-refractivity contribution in [3.05, 3.63) is 131 Å². The van der Waals surface area contributed by atoms with Gasteiger partial charge in [-0.05, 0) is 61.5 Å². The number of hydrogen-bond donors (Lipinski definition) is 0. The normalized spacial score (nSPS) is 19.0. The summed E-state index contributed by atoms with van der Waals surface area (Å²) in [5.41, 5.74) is 1.69. The molecule has 52 heavy (non-hydrogen) atoms. The van der Waals surface area contributed by atoms with Gasteiger partial charge in [-0.25, -0.2) is 8.42 Å². The fourth-order valence-corrected chi connectivity index (χ4v) is 8.02. The van der Waals surface area contributed by atoms with E-state index in [2.05, 4.69) is 21.6 Å². The Balaban J connectivity index is 1.60. The van der Waals surface area contributed by atoms with Gasteiger partial charge in [0, 0.05) is 76.8 Å². The highest BCUT2D eigenvalue weighted by Crippen LogP contribution is 2.26. The van der Waals surface area contributed by atoms with Crippen LogP contribution in [0.4, 0.5) is 5.69 Å². The van der Waals surface area contributed by atoms with Gasteiger partial charge in [-0.3, -0.25) is 14.8 Å². The van der Waals surface area contributed by atoms with E-state index >= 15 is 0 Å². The number of allylic oxidation sites excluding steroid dienone is 10. The minimum atomic E-state index is -4.13. The minimum absolute atomic E-state index is 0.0455. The lowest BCUT2D eigenvalue weighted by Gasteiger charge is -2.39. The molecular formula is C39H47N5O6S2. The quantitative estimate of drug-likeness (QED) is 0.121. The van der Waals surface area contributed by atoms with Gasteiger partial charge in [-0.15, -0.1) is 0 Å². The first-order valence-corrected chi connectivity index (χ1v) is 20.0. The highest BCUT2D eigenvalue weighted by atomic mass is 32.2. The second-order valence-electron chi connectivity index (χ2n) is 12.0. The van der Waals surface area contributed by atoms with Crippen LogP contribution in [0.15, 0.2) is 135 Å². The van der Waals surface area contributed by atoms with E-state index in [0.29, 0.717) is 38.2 Å². The average Bonchev–Trinajstić information content (AvgIpc) is 3.15. The maximum absolute atomic E-state index is 14.3. The summed E-state index contributed by atoms with van der Waals surface area (Å²) in [6.07, 6.45) is 19.5. The Labute approximate surface area is 308 Å². The third kappa shape index (κ3) is 11.3. The number of carbonyl (C=O) groups is 1. The number of anilines is 1. The van der Waals surface area contributed by atoms with Crippen LogP contribution >= 0.6 is 0 Å². The number of amides is 1. The summed E-state index contributed by atoms with van der Waals surface area (Å²) in [6.45, 7) is 7.42. The number of sulfonamides is 1. The predicted octanol–water partition coefficient (Wildman–Crippen LogP) is 6.19. The van der Waals surface area contributed by atoms with Gasteiger partial charge in [0.1, 0.15) is 11.8 Å². The van der Waals surface area contributed by atoms with Gasteiger partial charge in [-0.2, -0.15) is 12.7 Å². The fourth-order valence-electron chi connectivity index (χ4n) is 5.58. The minimum Gasteiger partial charge on any atom is -0.379 e. The molecule has 2 aliphatic rings. The van der Waals surface area contributed by atoms with Gasteiger partial charge in [0.25, 0.3) is 0 Å². The first kappa shape index (κ1) is 39.9. The van der Waals surface area contributed by atoms with Crippen LogP contribution in [0.3, 0.4) is 0 Å². The van der Waals surface area contributed by atoms with Crippen LogP contribution in [-0.2, 0) is 31.4 Å². The number of piperazine rings is 1. The second-order valence-corrected chi connectivity index (χ2v) is 15.7. The first-order valence-electron chi connectivity index (χ1n) is 17.2. The van der Waals surface area contributed by atoms with Crippen molar-refractivity contribution in [3.8, 4) is 5.75 Å². The third-order valence-electron chi connectivity index (χ3n) is 8.49. The maximum Gasteiger partial charge on any atom is 0.335 e. The fraction of sp³-hybridized carbons (Fsp3) is 0.308. The third-order valence-corrected chi connectivity index (χ3v) is 11.8. The van der Waals surface area contributed by atoms with Crippen LogP contribution in [0.2, 0.25) is 0 Å². The van der Waals surface area contributed by atoms with E-state index in [4.69, 9.17) is 4.18 Å². The van der Waals surface area contributed by atoms with Crippen LogP contribution in [0.25, 0.3) is 0 Å². The number of para-hydroxylation sites is 1. The van der Waals surface area contributed by atoms with E-state index in [1.54, 1.807) is 65.9 Å². The Morgan fingerprint density at radius 2 is 1.75 bits per heavy atom. The van der Waals surface area contributed by atoms with Crippen molar-refractivity contribution in [1.82, 2.24) is 9.21 Å². The molecule has 1 saturated heterocycles. The summed E-state index contributed by atoms with van der Waals surface area (Å²) in [5, 5.41) is 0. The molecule has 13 heteroatoms. The summed E-state index contributed by atoms with van der Waals surface area (Å²) < 4.78 is 61.3. The number of hydrogen-bond acceptors (Lipinski definition) is 9. The largest absolute Gasteiger partial charge is 0.379 e. The average molecular weight is 746 g/mol. The molecule has 2 aromatic carbocycles. The molecule has 11 nitrogen and oxygen atoms in total. The summed E-state index contributed by atoms with van der Waals surface area (Å²) in [6, 6.07) is 15.2. The zero-order chi connectivity index (χ0) is 37.4. The molecule has 0 radical (unpaired) electrons. The van der Waals surface area contributed by atoms with Crippen molar-refractivity contribution < 1.29 is 25.8 Å². The van der Waals surface area contributed by atoms with E-state index in [1.165, 1.54) is 31.5 Å². The van der Waals surface area contributed by atoms with Gasteiger partial charge in [0.05, 0.1) is 9.81 Å². The van der Waals surface area contributed by atoms with Gasteiger partial charge >= 0.3 is 10.1 Å². The Hall–Kier alpha value is -4.85. The number of benzene rings is 2. The predicted molar refractivity (Wildman–Crippen MR) is 210 cm³/mol. The van der Waals surface area contributed by atoms with Crippen LogP contribution in [0, 0.1) is 0 Å². The van der Waals surface area contributed by atoms with Crippen molar-refractivity contribution in [1.29, 1.82) is 0 Å². The summed E-state index contributed by atoms with van der Waals surface area (Å²) in [7, 11) is -6.83. The Morgan fingerprint density at radius 1 is 1.02 bits per heavy atom. The van der Waals surface area contributed by atoms with Gasteiger partial charge in [0.15, 0.2) is 0 Å². The van der Waals surface area contributed by atoms with Gasteiger partial charge < -0.3 is 14.0 Å². The second kappa shape index (κ2) is 19.7. The molecule has 2 aromatic rings. The summed E-state index contributed by atoms with van der Waals surface area (Å²) in [5.74, 6) is -0.231. The molecule has 0 spiro atoms. The topological polar surface area (TPSA) is 129 Å². The van der Waals surface area contributed by atoms with Gasteiger partial charge in [-0.1, -0.05) is 73.7 Å². The molecule has 276 valence electrons. The van der Waals surface area contributed by atoms with Gasteiger partial charge in [0.2, 0.25) is 15.9 Å². The maximum atomic E-state index is 14.3. The summed E-state index contributed by atoms with van der Waals surface area (Å²) >= 11 is 0. The molecule has 2 heterocycles. The Kier molecular flexibility index (Phi) is 15.1. The van der Waals surface area contributed by atoms with E-state index in [9.17, 15) is 21.6 Å². The van der Waals surface area contributed by atoms with Crippen LogP contribution < -0.4 is 9.08 Å². The highest BCUT2D eigenvalue weighted by Gasteiger charge is 2.37. The zero-order valence-electron chi connectivity index (χ0n) is 29.7. The molecule has 0 aromatic heterocycles. The number of aliphatic imine (C=N–C) groups is 2. The van der Waals surface area contributed by atoms with Crippen LogP contribution in [0.1, 0.15) is 38.2 Å². The molecular weight excluding hydrogens is 699 g/mol. The van der Waals surface area contributed by atoms with Crippen molar-refractivity contribution in [2.24, 2.45) is 9.98 Å². The molecule has 1 atom stereocenters. The lowest BCUT2D eigenvalue weighted by Crippen LogP contribution is -2.56. The van der Waals surface area contributed by atoms with Crippen molar-refractivity contribution >= 4 is 44.7 Å². The summed E-state index contributed by atoms with van der Waals surface area (Å²) in [4.78, 5) is 26.2. The number of likely N-dealkylation sites (N-methyl/N-ethyl adjacent to an activating group) is 1. The number of carbonyl (C=O) groups excluding carboxylic acids is 1. The SMILES string of the molecule is C=N/C=C\C/C(=C\C=C/CC)S(=O)(=O)N(C)[C@@H](Cc1ccc(OS(=O)(=O)/C2=C/C=C\CC=N/C=C\C2)cc1)C(=O)N1CCN(c2ccccc2)CC1. The number of rotatable bonds is 15. The monoisotopic (exact) mass is 745 g/mol. The lowest BCUT2D eigenvalue weighted by molar-refractivity contribution is -0.135. The van der Waals surface area contributed by atoms with E-state index in [0.717, 1.165) is 16.4 Å². The smallest absolute Gasteiger partial charge is 0.335 e. The van der Waals surface area contributed by atoms with Crippen molar-refractivity contribution in [2.75, 3.05) is 38.1 Å². The molecule has 0 saturated carbocycles. The molecule has 2 aliphatic heterocycles. The zero-order valence-corrected chi connectivity index (χ0v) is 31.3. The lowest BCUT2D eigenvalue weighted by atomic mass is 10.0. The molecule has 0 unspecified atom stereocenters. The standard InChI is InChI=1S/C39H47N5O6S2/c1-4-5-8-17-36(19-13-25-40-2)51(46,47)42(3)38(39(45)44-30-28-43(29-31-44)34-15-9-6-10-16-34)32-33-21-23-35(24-22-33)50-52(48,49)37-18-11-7-12-26-41-27-14-20-37/h5-11,13-18,21-27,38H,2,4,12,19-20,28-32H2,1,3H3/b8-5-,11-7-,25-13-,27-14-,36-17+,37-18+,41-26?/t38-/m0/s1. The van der Waals surface area contributed by atoms with Crippen LogP contribution in [-0.4, -0.2) is 84.1 Å². The van der Waals surface area contributed by atoms with Crippen molar-refractivity contribution in [2.45, 2.75) is 45.1 Å². The molecule has 0 aliphatic carbocycles. The van der Waals surface area contributed by atoms with E-state index < -0.39 is 26.2 Å². The molecule has 0 bridgehead atoms. The number of nitrogens with zero attached hydrogens (tertiary/aromatic N) is 5. The molecule has 4 rings (SSSR count). The molecule has 0 N–H and O–H groups in total. The van der Waals surface area contributed by atoms with Crippen LogP contribution in [0.5, 0.6) is 5.75 Å². The molecule has 1 amide bonds. The Morgan fingerprint density at radius 3 is 2.44 bits per heavy atom. The highest BCUT2D eigenvalue weighted by molar-refractivity contribution is 7.93. The molecule has 1 fully saturated rings. The Bertz CT molecular complexity index is 1940. The van der Waals surface area contributed by atoms with Crippen molar-refractivity contribution in [3.63, 3.8) is 0 Å². The van der Waals surface area contributed by atoms with E-state index in [-0.39, 0.29) is 40.7 Å². The first-order chi connectivity index (χ1) is 25.1. The van der Waals surface area contributed by atoms with E-state index in [1.807, 2.05) is 43.3 Å².